The van der Waals surface area contributed by atoms with Crippen LogP contribution in [-0.2, 0) is 17.9 Å². The van der Waals surface area contributed by atoms with Crippen molar-refractivity contribution in [3.63, 3.8) is 0 Å². The molecule has 35 heavy (non-hydrogen) atoms. The second kappa shape index (κ2) is 11.4. The highest BCUT2D eigenvalue weighted by Gasteiger charge is 2.26. The van der Waals surface area contributed by atoms with E-state index in [9.17, 15) is 4.79 Å². The standard InChI is InChI=1S/C27H35N5O2S/c1-2-21-6-3-4-14-32(21)19-23-9-8-22(34-23)18-28-27(33)20-12-15-31(16-13-20)26-11-10-24(29-30-26)25-7-5-17-35-25/h5,7-11,17,20-21H,2-4,6,12-16,18-19H2,1H3,(H,28,33)/t21-/m1/s1. The lowest BCUT2D eigenvalue weighted by Crippen LogP contribution is -2.40. The molecule has 0 aromatic carbocycles. The van der Waals surface area contributed by atoms with E-state index in [1.165, 1.54) is 25.7 Å². The van der Waals surface area contributed by atoms with Crippen LogP contribution in [0.2, 0.25) is 0 Å². The molecule has 7 nitrogen and oxygen atoms in total. The third kappa shape index (κ3) is 5.93. The molecular formula is C27H35N5O2S. The van der Waals surface area contributed by atoms with E-state index in [1.54, 1.807) is 11.3 Å². The van der Waals surface area contributed by atoms with Gasteiger partial charge in [0.1, 0.15) is 17.2 Å². The Kier molecular flexibility index (Phi) is 7.79. The minimum Gasteiger partial charge on any atom is -0.463 e. The van der Waals surface area contributed by atoms with Gasteiger partial charge in [0.05, 0.1) is 18.0 Å². The second-order valence-electron chi connectivity index (χ2n) is 9.63. The Morgan fingerprint density at radius 3 is 2.66 bits per heavy atom. The van der Waals surface area contributed by atoms with Gasteiger partial charge in [-0.2, -0.15) is 0 Å². The lowest BCUT2D eigenvalue weighted by Gasteiger charge is -2.34. The first-order valence-corrected chi connectivity index (χ1v) is 13.8. The zero-order valence-corrected chi connectivity index (χ0v) is 21.3. The minimum absolute atomic E-state index is 0.0256. The third-order valence-electron chi connectivity index (χ3n) is 7.35. The summed E-state index contributed by atoms with van der Waals surface area (Å²) in [4.78, 5) is 18.7. The molecule has 3 aromatic heterocycles. The zero-order valence-electron chi connectivity index (χ0n) is 20.5. The SMILES string of the molecule is CC[C@@H]1CCCCN1Cc1ccc(CNC(=O)C2CCN(c3ccc(-c4cccs4)nn3)CC2)o1. The number of nitrogens with zero attached hydrogens (tertiary/aromatic N) is 4. The number of hydrogen-bond donors (Lipinski definition) is 1. The molecule has 0 aliphatic carbocycles. The summed E-state index contributed by atoms with van der Waals surface area (Å²) in [5.41, 5.74) is 0.903. The molecule has 0 spiro atoms. The molecule has 186 valence electrons. The highest BCUT2D eigenvalue weighted by molar-refractivity contribution is 7.13. The van der Waals surface area contributed by atoms with Crippen molar-refractivity contribution in [1.29, 1.82) is 0 Å². The van der Waals surface area contributed by atoms with Crippen molar-refractivity contribution in [2.24, 2.45) is 5.92 Å². The Labute approximate surface area is 211 Å². The predicted molar refractivity (Wildman–Crippen MR) is 139 cm³/mol. The predicted octanol–water partition coefficient (Wildman–Crippen LogP) is 5.10. The van der Waals surface area contributed by atoms with Crippen LogP contribution >= 0.6 is 11.3 Å². The van der Waals surface area contributed by atoms with E-state index in [4.69, 9.17) is 4.42 Å². The highest BCUT2D eigenvalue weighted by atomic mass is 32.1. The van der Waals surface area contributed by atoms with Gasteiger partial charge in [0.2, 0.25) is 5.91 Å². The fourth-order valence-electron chi connectivity index (χ4n) is 5.27. The maximum Gasteiger partial charge on any atom is 0.223 e. The molecular weight excluding hydrogens is 458 g/mol. The van der Waals surface area contributed by atoms with Crippen LogP contribution in [0, 0.1) is 5.92 Å². The fraction of sp³-hybridized carbons (Fsp3) is 0.519. The molecule has 0 unspecified atom stereocenters. The van der Waals surface area contributed by atoms with Crippen molar-refractivity contribution in [2.75, 3.05) is 24.5 Å². The Morgan fingerprint density at radius 2 is 1.91 bits per heavy atom. The van der Waals surface area contributed by atoms with Gasteiger partial charge >= 0.3 is 0 Å². The summed E-state index contributed by atoms with van der Waals surface area (Å²) in [7, 11) is 0. The van der Waals surface area contributed by atoms with Gasteiger partial charge in [-0.05, 0) is 74.4 Å². The van der Waals surface area contributed by atoms with E-state index in [-0.39, 0.29) is 11.8 Å². The molecule has 8 heteroatoms. The van der Waals surface area contributed by atoms with Crippen molar-refractivity contribution in [3.8, 4) is 10.6 Å². The molecule has 0 saturated carbocycles. The molecule has 2 saturated heterocycles. The number of amides is 1. The Hall–Kier alpha value is -2.71. The van der Waals surface area contributed by atoms with E-state index < -0.39 is 0 Å². The summed E-state index contributed by atoms with van der Waals surface area (Å²) in [6.07, 6.45) is 6.71. The molecule has 5 rings (SSSR count). The molecule has 0 radical (unpaired) electrons. The molecule has 2 aliphatic rings. The number of carbonyl (C=O) groups is 1. The molecule has 1 amide bonds. The van der Waals surface area contributed by atoms with Gasteiger partial charge in [0, 0.05) is 25.0 Å². The van der Waals surface area contributed by atoms with Crippen molar-refractivity contribution in [1.82, 2.24) is 20.4 Å². The topological polar surface area (TPSA) is 74.5 Å². The maximum atomic E-state index is 12.8. The highest BCUT2D eigenvalue weighted by Crippen LogP contribution is 2.26. The van der Waals surface area contributed by atoms with Crippen molar-refractivity contribution in [3.05, 3.63) is 53.3 Å². The fourth-order valence-corrected chi connectivity index (χ4v) is 5.96. The monoisotopic (exact) mass is 493 g/mol. The minimum atomic E-state index is 0.0256. The summed E-state index contributed by atoms with van der Waals surface area (Å²) in [5.74, 6) is 2.85. The van der Waals surface area contributed by atoms with Crippen molar-refractivity contribution >= 4 is 23.1 Å². The van der Waals surface area contributed by atoms with Gasteiger partial charge in [-0.15, -0.1) is 21.5 Å². The first-order valence-electron chi connectivity index (χ1n) is 12.9. The number of likely N-dealkylation sites (tertiary alicyclic amines) is 1. The quantitative estimate of drug-likeness (QED) is 0.471. The van der Waals surface area contributed by atoms with Gasteiger partial charge in [0.25, 0.3) is 0 Å². The average Bonchev–Trinajstić information content (AvgIpc) is 3.61. The van der Waals surface area contributed by atoms with Crippen LogP contribution in [0.25, 0.3) is 10.6 Å². The van der Waals surface area contributed by atoms with Crippen molar-refractivity contribution in [2.45, 2.75) is 64.6 Å². The second-order valence-corrected chi connectivity index (χ2v) is 10.6. The smallest absolute Gasteiger partial charge is 0.223 e. The van der Waals surface area contributed by atoms with E-state index in [2.05, 4.69) is 44.4 Å². The van der Waals surface area contributed by atoms with Crippen molar-refractivity contribution < 1.29 is 9.21 Å². The molecule has 0 bridgehead atoms. The van der Waals surface area contributed by atoms with Crippen LogP contribution in [0.3, 0.4) is 0 Å². The molecule has 1 atom stereocenters. The van der Waals surface area contributed by atoms with Gasteiger partial charge in [-0.3, -0.25) is 9.69 Å². The number of aromatic nitrogens is 2. The van der Waals surface area contributed by atoms with Crippen LogP contribution in [0.15, 0.2) is 46.2 Å². The Morgan fingerprint density at radius 1 is 1.06 bits per heavy atom. The number of hydrogen-bond acceptors (Lipinski definition) is 7. The van der Waals surface area contributed by atoms with Gasteiger partial charge in [0.15, 0.2) is 5.82 Å². The number of thiophene rings is 1. The lowest BCUT2D eigenvalue weighted by atomic mass is 9.96. The van der Waals surface area contributed by atoms with Crippen LogP contribution < -0.4 is 10.2 Å². The third-order valence-corrected chi connectivity index (χ3v) is 8.24. The Balaban J connectivity index is 1.07. The maximum absolute atomic E-state index is 12.8. The largest absolute Gasteiger partial charge is 0.463 e. The lowest BCUT2D eigenvalue weighted by molar-refractivity contribution is -0.125. The van der Waals surface area contributed by atoms with Crippen LogP contribution in [0.4, 0.5) is 5.82 Å². The van der Waals surface area contributed by atoms with Gasteiger partial charge in [-0.25, -0.2) is 0 Å². The Bertz CT molecular complexity index is 1070. The summed E-state index contributed by atoms with van der Waals surface area (Å²) < 4.78 is 6.05. The first-order chi connectivity index (χ1) is 17.2. The molecule has 2 fully saturated rings. The number of piperidine rings is 2. The van der Waals surface area contributed by atoms with E-state index in [0.717, 1.165) is 66.9 Å². The number of furan rings is 1. The summed E-state index contributed by atoms with van der Waals surface area (Å²) >= 11 is 1.66. The van der Waals surface area contributed by atoms with Gasteiger partial charge in [-0.1, -0.05) is 19.4 Å². The molecule has 3 aromatic rings. The van der Waals surface area contributed by atoms with Crippen LogP contribution in [0.1, 0.15) is 57.0 Å². The van der Waals surface area contributed by atoms with E-state index in [1.807, 2.05) is 29.6 Å². The average molecular weight is 494 g/mol. The number of nitrogens with one attached hydrogen (secondary N) is 1. The number of rotatable bonds is 8. The summed E-state index contributed by atoms with van der Waals surface area (Å²) in [5, 5.41) is 13.9. The summed E-state index contributed by atoms with van der Waals surface area (Å²) in [6, 6.07) is 12.9. The van der Waals surface area contributed by atoms with E-state index in [0.29, 0.717) is 12.6 Å². The summed E-state index contributed by atoms with van der Waals surface area (Å²) in [6.45, 7) is 6.35. The van der Waals surface area contributed by atoms with Crippen LogP contribution in [0.5, 0.6) is 0 Å². The molecule has 2 aliphatic heterocycles. The molecule has 5 heterocycles. The zero-order chi connectivity index (χ0) is 24.0. The first kappa shape index (κ1) is 24.0. The number of carbonyl (C=O) groups excluding carboxylic acids is 1. The molecule has 1 N–H and O–H groups in total. The number of anilines is 1. The van der Waals surface area contributed by atoms with Crippen LogP contribution in [-0.4, -0.2) is 46.7 Å². The van der Waals surface area contributed by atoms with E-state index >= 15 is 0 Å². The van der Waals surface area contributed by atoms with Gasteiger partial charge < -0.3 is 14.6 Å². The normalized spacial score (nSPS) is 19.7.